The van der Waals surface area contributed by atoms with Crippen LogP contribution in [0.3, 0.4) is 0 Å². The molecule has 0 radical (unpaired) electrons. The van der Waals surface area contributed by atoms with Gasteiger partial charge in [-0.05, 0) is 56.5 Å². The Balaban J connectivity index is 1.18. The van der Waals surface area contributed by atoms with Gasteiger partial charge in [-0.3, -0.25) is 14.5 Å². The number of hydrogen-bond donors (Lipinski definition) is 2. The summed E-state index contributed by atoms with van der Waals surface area (Å²) in [6.07, 6.45) is 3.47. The molecular weight excluding hydrogens is 526 g/mol. The number of nitrogens with zero attached hydrogens (tertiary/aromatic N) is 3. The molecule has 0 bridgehead atoms. The zero-order chi connectivity index (χ0) is 28.1. The van der Waals surface area contributed by atoms with Crippen molar-refractivity contribution >= 4 is 26.8 Å². The highest BCUT2D eigenvalue weighted by molar-refractivity contribution is 7.89. The molecule has 0 saturated carbocycles. The van der Waals surface area contributed by atoms with Crippen LogP contribution in [0, 0.1) is 0 Å². The number of nitrogens with one attached hydrogen (secondary N) is 2. The Labute approximate surface area is 236 Å². The lowest BCUT2D eigenvalue weighted by Crippen LogP contribution is -2.46. The molecule has 2 N–H and O–H groups in total. The number of piperazine rings is 1. The van der Waals surface area contributed by atoms with Crippen LogP contribution < -0.4 is 10.9 Å². The van der Waals surface area contributed by atoms with Crippen LogP contribution >= 0.6 is 0 Å². The fraction of sp³-hybridized carbons (Fsp3) is 0.467. The quantitative estimate of drug-likeness (QED) is 0.387. The molecule has 214 valence electrons. The van der Waals surface area contributed by atoms with Crippen molar-refractivity contribution in [1.82, 2.24) is 24.4 Å². The molecule has 2 aromatic carbocycles. The first-order valence-electron chi connectivity index (χ1n) is 14.3. The van der Waals surface area contributed by atoms with E-state index in [2.05, 4.69) is 44.4 Å². The number of pyridine rings is 1. The summed E-state index contributed by atoms with van der Waals surface area (Å²) in [6.45, 7) is 8.75. The molecule has 2 saturated heterocycles. The predicted molar refractivity (Wildman–Crippen MR) is 157 cm³/mol. The summed E-state index contributed by atoms with van der Waals surface area (Å²) >= 11 is 0. The van der Waals surface area contributed by atoms with E-state index in [0.29, 0.717) is 24.0 Å². The maximum atomic E-state index is 13.4. The van der Waals surface area contributed by atoms with E-state index in [0.717, 1.165) is 65.0 Å². The first-order chi connectivity index (χ1) is 19.3. The number of rotatable bonds is 9. The molecule has 3 aromatic rings. The number of benzene rings is 2. The Morgan fingerprint density at radius 3 is 2.48 bits per heavy atom. The van der Waals surface area contributed by atoms with Crippen LogP contribution in [0.1, 0.15) is 48.5 Å². The highest BCUT2D eigenvalue weighted by Crippen LogP contribution is 2.27. The van der Waals surface area contributed by atoms with Gasteiger partial charge in [-0.25, -0.2) is 8.42 Å². The maximum Gasteiger partial charge on any atom is 0.252 e. The summed E-state index contributed by atoms with van der Waals surface area (Å²) in [5, 5.41) is 3.37. The number of H-pyrrole nitrogens is 1. The molecule has 0 aliphatic carbocycles. The SMILES string of the molecule is C[C@@H]1CCCCN1S(=O)(=O)c1ccc2[nH]c(=O)cc(C(=O)NCCCN3CCN(Cc4ccccc4)CC3)c2c1. The normalized spacial score (nSPS) is 19.6. The van der Waals surface area contributed by atoms with Crippen LogP contribution in [0.2, 0.25) is 0 Å². The molecular formula is C30H39N5O4S. The fourth-order valence-corrected chi connectivity index (χ4v) is 7.48. The van der Waals surface area contributed by atoms with Crippen LogP contribution in [0.25, 0.3) is 10.9 Å². The van der Waals surface area contributed by atoms with Crippen molar-refractivity contribution in [2.75, 3.05) is 45.8 Å². The minimum absolute atomic E-state index is 0.0698. The number of aromatic nitrogens is 1. The molecule has 1 amide bonds. The van der Waals surface area contributed by atoms with Gasteiger partial charge in [-0.15, -0.1) is 0 Å². The molecule has 10 heteroatoms. The summed E-state index contributed by atoms with van der Waals surface area (Å²) in [5.74, 6) is -0.371. The molecule has 3 heterocycles. The average Bonchev–Trinajstić information content (AvgIpc) is 2.96. The van der Waals surface area contributed by atoms with Gasteiger partial charge in [0.2, 0.25) is 15.6 Å². The molecule has 9 nitrogen and oxygen atoms in total. The third-order valence-electron chi connectivity index (χ3n) is 8.06. The number of piperidine rings is 1. The summed E-state index contributed by atoms with van der Waals surface area (Å²) in [5.41, 5.74) is 1.57. The number of fused-ring (bicyclic) bond motifs is 1. The lowest BCUT2D eigenvalue weighted by Gasteiger charge is -2.34. The molecule has 2 aliphatic rings. The van der Waals surface area contributed by atoms with E-state index in [1.54, 1.807) is 10.4 Å². The average molecular weight is 566 g/mol. The lowest BCUT2D eigenvalue weighted by atomic mass is 10.1. The zero-order valence-electron chi connectivity index (χ0n) is 23.1. The number of hydrogen-bond acceptors (Lipinski definition) is 6. The Hall–Kier alpha value is -3.05. The smallest absolute Gasteiger partial charge is 0.252 e. The summed E-state index contributed by atoms with van der Waals surface area (Å²) in [6, 6.07) is 16.3. The van der Waals surface area contributed by atoms with E-state index in [-0.39, 0.29) is 22.4 Å². The van der Waals surface area contributed by atoms with Crippen LogP contribution in [0.4, 0.5) is 0 Å². The third kappa shape index (κ3) is 6.63. The monoisotopic (exact) mass is 565 g/mol. The number of sulfonamides is 1. The Morgan fingerprint density at radius 2 is 1.73 bits per heavy atom. The van der Waals surface area contributed by atoms with Crippen molar-refractivity contribution in [1.29, 1.82) is 0 Å². The summed E-state index contributed by atoms with van der Waals surface area (Å²) in [7, 11) is -3.71. The summed E-state index contributed by atoms with van der Waals surface area (Å²) in [4.78, 5) is 33.2. The van der Waals surface area contributed by atoms with Gasteiger partial charge in [0.25, 0.3) is 5.91 Å². The second kappa shape index (κ2) is 12.6. The number of carbonyl (C=O) groups excluding carboxylic acids is 1. The van der Waals surface area contributed by atoms with Gasteiger partial charge >= 0.3 is 0 Å². The van der Waals surface area contributed by atoms with Crippen molar-refractivity contribution in [2.24, 2.45) is 0 Å². The van der Waals surface area contributed by atoms with Gasteiger partial charge in [0, 0.05) is 68.8 Å². The van der Waals surface area contributed by atoms with Gasteiger partial charge < -0.3 is 15.2 Å². The Bertz CT molecular complexity index is 1480. The van der Waals surface area contributed by atoms with Crippen molar-refractivity contribution in [3.05, 3.63) is 76.1 Å². The van der Waals surface area contributed by atoms with Gasteiger partial charge in [-0.2, -0.15) is 4.31 Å². The number of aromatic amines is 1. The van der Waals surface area contributed by atoms with Crippen molar-refractivity contribution < 1.29 is 13.2 Å². The third-order valence-corrected chi connectivity index (χ3v) is 10.1. The first-order valence-corrected chi connectivity index (χ1v) is 15.7. The molecule has 40 heavy (non-hydrogen) atoms. The minimum Gasteiger partial charge on any atom is -0.352 e. The van der Waals surface area contributed by atoms with E-state index < -0.39 is 15.6 Å². The largest absolute Gasteiger partial charge is 0.352 e. The van der Waals surface area contributed by atoms with E-state index in [4.69, 9.17) is 0 Å². The highest BCUT2D eigenvalue weighted by Gasteiger charge is 2.31. The molecule has 2 aliphatic heterocycles. The van der Waals surface area contributed by atoms with Crippen LogP contribution in [-0.4, -0.2) is 85.3 Å². The van der Waals surface area contributed by atoms with Gasteiger partial charge in [0.05, 0.1) is 10.5 Å². The Morgan fingerprint density at radius 1 is 0.975 bits per heavy atom. The van der Waals surface area contributed by atoms with E-state index >= 15 is 0 Å². The van der Waals surface area contributed by atoms with Crippen molar-refractivity contribution in [2.45, 2.75) is 50.1 Å². The fourth-order valence-electron chi connectivity index (χ4n) is 5.76. The topological polar surface area (TPSA) is 106 Å². The molecule has 0 unspecified atom stereocenters. The van der Waals surface area contributed by atoms with E-state index in [9.17, 15) is 18.0 Å². The second-order valence-electron chi connectivity index (χ2n) is 10.9. The van der Waals surface area contributed by atoms with Crippen LogP contribution in [0.5, 0.6) is 0 Å². The second-order valence-corrected chi connectivity index (χ2v) is 12.8. The van der Waals surface area contributed by atoms with Gasteiger partial charge in [-0.1, -0.05) is 36.8 Å². The summed E-state index contributed by atoms with van der Waals surface area (Å²) < 4.78 is 28.4. The lowest BCUT2D eigenvalue weighted by molar-refractivity contribution is 0.0948. The molecule has 1 aromatic heterocycles. The molecule has 5 rings (SSSR count). The van der Waals surface area contributed by atoms with Gasteiger partial charge in [0.15, 0.2) is 0 Å². The minimum atomic E-state index is -3.71. The highest BCUT2D eigenvalue weighted by atomic mass is 32.2. The van der Waals surface area contributed by atoms with Gasteiger partial charge in [0.1, 0.15) is 0 Å². The van der Waals surface area contributed by atoms with E-state index in [1.807, 2.05) is 13.0 Å². The Kier molecular flexibility index (Phi) is 9.00. The van der Waals surface area contributed by atoms with Crippen molar-refractivity contribution in [3.8, 4) is 0 Å². The maximum absolute atomic E-state index is 13.4. The first kappa shape index (κ1) is 28.5. The van der Waals surface area contributed by atoms with Crippen LogP contribution in [-0.2, 0) is 16.6 Å². The predicted octanol–water partition coefficient (Wildman–Crippen LogP) is 3.03. The van der Waals surface area contributed by atoms with Crippen molar-refractivity contribution in [3.63, 3.8) is 0 Å². The molecule has 2 fully saturated rings. The molecule has 1 atom stereocenters. The number of carbonyl (C=O) groups is 1. The number of amides is 1. The molecule has 0 spiro atoms. The van der Waals surface area contributed by atoms with Crippen LogP contribution in [0.15, 0.2) is 64.3 Å². The standard InChI is InChI=1S/C30H39N5O4S/c1-23-8-5-6-15-35(23)40(38,39)25-11-12-28-26(20-25)27(21-29(36)32-28)30(37)31-13-7-14-33-16-18-34(19-17-33)22-24-9-3-2-4-10-24/h2-4,9-12,20-21,23H,5-8,13-19,22H2,1H3,(H,31,37)(H,32,36)/t23-/m1/s1. The zero-order valence-corrected chi connectivity index (χ0v) is 24.0. The van der Waals surface area contributed by atoms with E-state index in [1.165, 1.54) is 23.8 Å².